The predicted octanol–water partition coefficient (Wildman–Crippen LogP) is 3.26. The van der Waals surface area contributed by atoms with Crippen molar-refractivity contribution in [2.45, 2.75) is 38.8 Å². The van der Waals surface area contributed by atoms with Crippen molar-refractivity contribution in [2.75, 3.05) is 50.7 Å². The van der Waals surface area contributed by atoms with Gasteiger partial charge in [-0.2, -0.15) is 13.2 Å². The molecule has 2 fully saturated rings. The Morgan fingerprint density at radius 2 is 1.79 bits per heavy atom. The summed E-state index contributed by atoms with van der Waals surface area (Å²) in [4.78, 5) is 22.1. The highest BCUT2D eigenvalue weighted by Gasteiger charge is 2.33. The van der Waals surface area contributed by atoms with Gasteiger partial charge in [0.1, 0.15) is 11.5 Å². The number of alkyl halides is 3. The quantitative estimate of drug-likeness (QED) is 0.690. The molecule has 8 heteroatoms. The molecule has 2 saturated heterocycles. The van der Waals surface area contributed by atoms with Gasteiger partial charge in [-0.05, 0) is 44.4 Å². The van der Waals surface area contributed by atoms with Crippen molar-refractivity contribution < 1.29 is 18.0 Å². The van der Waals surface area contributed by atoms with Crippen molar-refractivity contribution in [2.24, 2.45) is 5.92 Å². The molecule has 0 saturated carbocycles. The van der Waals surface area contributed by atoms with Crippen molar-refractivity contribution >= 4 is 11.7 Å². The first-order chi connectivity index (χ1) is 13.3. The van der Waals surface area contributed by atoms with E-state index in [1.165, 1.54) is 6.07 Å². The summed E-state index contributed by atoms with van der Waals surface area (Å²) in [6.45, 7) is 7.67. The number of aromatic nitrogens is 1. The predicted molar refractivity (Wildman–Crippen MR) is 102 cm³/mol. The van der Waals surface area contributed by atoms with E-state index in [0.717, 1.165) is 64.5 Å². The Morgan fingerprint density at radius 1 is 1.07 bits per heavy atom. The first-order valence-corrected chi connectivity index (χ1v) is 10.1. The fourth-order valence-corrected chi connectivity index (χ4v) is 3.95. The lowest BCUT2D eigenvalue weighted by atomic mass is 9.99. The fourth-order valence-electron chi connectivity index (χ4n) is 3.95. The van der Waals surface area contributed by atoms with E-state index in [1.807, 2.05) is 16.7 Å². The minimum absolute atomic E-state index is 0.159. The molecule has 0 radical (unpaired) electrons. The zero-order valence-electron chi connectivity index (χ0n) is 16.4. The highest BCUT2D eigenvalue weighted by atomic mass is 19.4. The van der Waals surface area contributed by atoms with Crippen LogP contribution in [0.15, 0.2) is 18.2 Å². The van der Waals surface area contributed by atoms with Gasteiger partial charge < -0.3 is 9.80 Å². The summed E-state index contributed by atoms with van der Waals surface area (Å²) in [5.74, 6) is 0.840. The molecule has 1 atom stereocenters. The molecule has 1 amide bonds. The molecule has 1 aromatic heterocycles. The van der Waals surface area contributed by atoms with Crippen molar-refractivity contribution in [3.8, 4) is 0 Å². The van der Waals surface area contributed by atoms with Crippen molar-refractivity contribution in [3.05, 3.63) is 23.9 Å². The van der Waals surface area contributed by atoms with E-state index in [4.69, 9.17) is 0 Å². The van der Waals surface area contributed by atoms with Crippen LogP contribution in [0.4, 0.5) is 19.0 Å². The lowest BCUT2D eigenvalue weighted by Crippen LogP contribution is -2.47. The van der Waals surface area contributed by atoms with E-state index < -0.39 is 11.9 Å². The largest absolute Gasteiger partial charge is 0.433 e. The molecule has 0 aromatic carbocycles. The van der Waals surface area contributed by atoms with E-state index in [9.17, 15) is 18.0 Å². The Labute approximate surface area is 164 Å². The highest BCUT2D eigenvalue weighted by molar-refractivity contribution is 5.79. The topological polar surface area (TPSA) is 39.7 Å². The van der Waals surface area contributed by atoms with Crippen LogP contribution >= 0.6 is 0 Å². The number of carbonyl (C=O) groups is 1. The minimum atomic E-state index is -4.41. The normalized spacial score (nSPS) is 22.0. The van der Waals surface area contributed by atoms with Crippen molar-refractivity contribution in [3.63, 3.8) is 0 Å². The Kier molecular flexibility index (Phi) is 6.80. The lowest BCUT2D eigenvalue weighted by molar-refractivity contribution is -0.141. The van der Waals surface area contributed by atoms with E-state index in [1.54, 1.807) is 6.07 Å². The maximum Gasteiger partial charge on any atom is 0.433 e. The third-order valence-electron chi connectivity index (χ3n) is 5.67. The smallest absolute Gasteiger partial charge is 0.354 e. The molecule has 1 unspecified atom stereocenters. The van der Waals surface area contributed by atoms with Gasteiger partial charge in [0.25, 0.3) is 0 Å². The second-order valence-corrected chi connectivity index (χ2v) is 7.78. The first-order valence-electron chi connectivity index (χ1n) is 10.1. The standard InChI is InChI=1S/C20H29F3N4O/c1-16-6-5-11-27(19(16)28)10-3-2-9-25-12-14-26(15-13-25)18-8-4-7-17(24-18)20(21,22)23/h4,7-8,16H,2-3,5-6,9-15H2,1H3. The van der Waals surface area contributed by atoms with Gasteiger partial charge in [0.2, 0.25) is 5.91 Å². The average Bonchev–Trinajstić information content (AvgIpc) is 2.68. The van der Waals surface area contributed by atoms with E-state index in [-0.39, 0.29) is 11.8 Å². The molecule has 5 nitrogen and oxygen atoms in total. The Hall–Kier alpha value is -1.83. The van der Waals surface area contributed by atoms with Crippen LogP contribution in [0.2, 0.25) is 0 Å². The molecule has 28 heavy (non-hydrogen) atoms. The molecule has 0 aliphatic carbocycles. The second-order valence-electron chi connectivity index (χ2n) is 7.78. The fraction of sp³-hybridized carbons (Fsp3) is 0.700. The van der Waals surface area contributed by atoms with Gasteiger partial charge >= 0.3 is 6.18 Å². The van der Waals surface area contributed by atoms with Crippen LogP contribution in [0, 0.1) is 5.92 Å². The maximum atomic E-state index is 12.8. The van der Waals surface area contributed by atoms with Crippen LogP contribution in [-0.2, 0) is 11.0 Å². The van der Waals surface area contributed by atoms with Gasteiger partial charge in [0.15, 0.2) is 0 Å². The number of pyridine rings is 1. The number of amides is 1. The van der Waals surface area contributed by atoms with E-state index in [2.05, 4.69) is 9.88 Å². The summed E-state index contributed by atoms with van der Waals surface area (Å²) >= 11 is 0. The average molecular weight is 398 g/mol. The zero-order chi connectivity index (χ0) is 20.1. The number of nitrogens with zero attached hydrogens (tertiary/aromatic N) is 4. The second kappa shape index (κ2) is 9.11. The number of piperazine rings is 1. The summed E-state index contributed by atoms with van der Waals surface area (Å²) < 4.78 is 38.5. The summed E-state index contributed by atoms with van der Waals surface area (Å²) in [5, 5.41) is 0. The van der Waals surface area contributed by atoms with Crippen LogP contribution in [0.3, 0.4) is 0 Å². The maximum absolute atomic E-state index is 12.8. The van der Waals surface area contributed by atoms with Crippen LogP contribution in [0.5, 0.6) is 0 Å². The number of unbranched alkanes of at least 4 members (excludes halogenated alkanes) is 1. The summed E-state index contributed by atoms with van der Waals surface area (Å²) in [7, 11) is 0. The van der Waals surface area contributed by atoms with E-state index >= 15 is 0 Å². The number of likely N-dealkylation sites (tertiary alicyclic amines) is 1. The Balaban J connectivity index is 1.38. The number of halogens is 3. The number of rotatable bonds is 6. The number of anilines is 1. The zero-order valence-corrected chi connectivity index (χ0v) is 16.4. The van der Waals surface area contributed by atoms with Crippen LogP contribution in [-0.4, -0.2) is 66.5 Å². The van der Waals surface area contributed by atoms with Crippen LogP contribution in [0.1, 0.15) is 38.3 Å². The Morgan fingerprint density at radius 3 is 2.50 bits per heavy atom. The summed E-state index contributed by atoms with van der Waals surface area (Å²) in [6.07, 6.45) is -0.294. The third-order valence-corrected chi connectivity index (χ3v) is 5.67. The van der Waals surface area contributed by atoms with Crippen molar-refractivity contribution in [1.29, 1.82) is 0 Å². The van der Waals surface area contributed by atoms with Crippen LogP contribution < -0.4 is 4.90 Å². The summed E-state index contributed by atoms with van der Waals surface area (Å²) in [6, 6.07) is 4.06. The van der Waals surface area contributed by atoms with Gasteiger partial charge in [-0.15, -0.1) is 0 Å². The lowest BCUT2D eigenvalue weighted by Gasteiger charge is -2.36. The van der Waals surface area contributed by atoms with Gasteiger partial charge in [-0.25, -0.2) is 4.98 Å². The SMILES string of the molecule is CC1CCCN(CCCCN2CCN(c3cccc(C(F)(F)F)n3)CC2)C1=O. The number of hydrogen-bond acceptors (Lipinski definition) is 4. The molecular formula is C20H29F3N4O. The number of carbonyl (C=O) groups excluding carboxylic acids is 1. The van der Waals surface area contributed by atoms with Crippen molar-refractivity contribution in [1.82, 2.24) is 14.8 Å². The first kappa shape index (κ1) is 20.9. The molecule has 156 valence electrons. The third kappa shape index (κ3) is 5.37. The molecule has 1 aromatic rings. The number of piperidine rings is 1. The molecule has 3 heterocycles. The molecule has 2 aliphatic heterocycles. The van der Waals surface area contributed by atoms with Gasteiger partial charge in [0, 0.05) is 45.2 Å². The monoisotopic (exact) mass is 398 g/mol. The molecule has 0 N–H and O–H groups in total. The molecule has 2 aliphatic rings. The summed E-state index contributed by atoms with van der Waals surface area (Å²) in [5.41, 5.74) is -0.839. The molecule has 3 rings (SSSR count). The van der Waals surface area contributed by atoms with E-state index in [0.29, 0.717) is 18.9 Å². The molecule has 0 spiro atoms. The van der Waals surface area contributed by atoms with Crippen LogP contribution in [0.25, 0.3) is 0 Å². The Bertz CT molecular complexity index is 659. The van der Waals surface area contributed by atoms with Gasteiger partial charge in [0.05, 0.1) is 0 Å². The molecule has 0 bridgehead atoms. The highest BCUT2D eigenvalue weighted by Crippen LogP contribution is 2.29. The van der Waals surface area contributed by atoms with Gasteiger partial charge in [-0.1, -0.05) is 13.0 Å². The van der Waals surface area contributed by atoms with Gasteiger partial charge in [-0.3, -0.25) is 9.69 Å². The minimum Gasteiger partial charge on any atom is -0.354 e. The number of hydrogen-bond donors (Lipinski definition) is 0. The molecular weight excluding hydrogens is 369 g/mol.